The number of allylic oxidation sites excluding steroid dienone is 1. The highest BCUT2D eigenvalue weighted by Crippen LogP contribution is 1.92. The highest BCUT2D eigenvalue weighted by molar-refractivity contribution is 15.0. The summed E-state index contributed by atoms with van der Waals surface area (Å²) in [6, 6.07) is 0. The molecule has 0 unspecified atom stereocenters. The summed E-state index contributed by atoms with van der Waals surface area (Å²) in [6.07, 6.45) is 1.71. The minimum Gasteiger partial charge on any atom is -0.466 e. The number of carbonyl (C=O) groups excluding carboxylic acids is 1. The van der Waals surface area contributed by atoms with Gasteiger partial charge in [-0.05, 0) is 13.8 Å². The zero-order valence-electron chi connectivity index (χ0n) is 6.15. The van der Waals surface area contributed by atoms with Crippen molar-refractivity contribution in [3.63, 3.8) is 0 Å². The van der Waals surface area contributed by atoms with Crippen molar-refractivity contribution in [1.82, 2.24) is 0 Å². The Balaban J connectivity index is 0. The molecule has 0 heterocycles. The highest BCUT2D eigenvalue weighted by Gasteiger charge is 1.98. The Kier molecular flexibility index (Phi) is 12.8. The molecule has 0 amide bonds. The molecule has 0 spiro atoms. The van der Waals surface area contributed by atoms with E-state index in [2.05, 4.69) is 42.0 Å². The van der Waals surface area contributed by atoms with Gasteiger partial charge >= 0.3 is 5.97 Å². The molecule has 2 nitrogen and oxygen atoms in total. The van der Waals surface area contributed by atoms with E-state index in [1.165, 1.54) is 7.11 Å². The molecular formula is C6H10I2O2. The third-order valence-corrected chi connectivity index (χ3v) is 0.940. The van der Waals surface area contributed by atoms with Crippen molar-refractivity contribution < 1.29 is 9.53 Å². The van der Waals surface area contributed by atoms with Gasteiger partial charge in [-0.2, -0.15) is 0 Å². The van der Waals surface area contributed by atoms with Gasteiger partial charge < -0.3 is 4.74 Å². The number of hydrogen-bond donors (Lipinski definition) is 0. The highest BCUT2D eigenvalue weighted by atomic mass is 128. The summed E-state index contributed by atoms with van der Waals surface area (Å²) in [5.41, 5.74) is 0.646. The Bertz CT molecular complexity index is 121. The molecule has 0 radical (unpaired) electrons. The van der Waals surface area contributed by atoms with Crippen LogP contribution in [-0.4, -0.2) is 13.1 Å². The number of esters is 1. The summed E-state index contributed by atoms with van der Waals surface area (Å²) in [5, 5.41) is 0. The molecule has 0 N–H and O–H groups in total. The van der Waals surface area contributed by atoms with Crippen molar-refractivity contribution in [1.29, 1.82) is 0 Å². The standard InChI is InChI=1S/C6H10O2.I2/c1-4-5(2)6(7)8-3;1-2/h4H,1-3H3;/b5-4-;. The van der Waals surface area contributed by atoms with E-state index < -0.39 is 0 Å². The summed E-state index contributed by atoms with van der Waals surface area (Å²) >= 11 is 4.24. The van der Waals surface area contributed by atoms with Crippen LogP contribution in [0.25, 0.3) is 0 Å². The van der Waals surface area contributed by atoms with Crippen LogP contribution in [0.2, 0.25) is 0 Å². The molecule has 60 valence electrons. The molecule has 0 bridgehead atoms. The second-order valence-corrected chi connectivity index (χ2v) is 1.46. The Hall–Kier alpha value is 0.670. The van der Waals surface area contributed by atoms with Crippen molar-refractivity contribution in [3.8, 4) is 0 Å². The largest absolute Gasteiger partial charge is 0.466 e. The van der Waals surface area contributed by atoms with Crippen molar-refractivity contribution in [2.24, 2.45) is 0 Å². The quantitative estimate of drug-likeness (QED) is 0.404. The monoisotopic (exact) mass is 368 g/mol. The van der Waals surface area contributed by atoms with E-state index in [4.69, 9.17) is 0 Å². The molecule has 0 saturated carbocycles. The maximum Gasteiger partial charge on any atom is 0.333 e. The predicted octanol–water partition coefficient (Wildman–Crippen LogP) is 2.90. The number of ether oxygens (including phenoxy) is 1. The van der Waals surface area contributed by atoms with Crippen molar-refractivity contribution in [3.05, 3.63) is 11.6 Å². The van der Waals surface area contributed by atoms with Gasteiger partial charge in [-0.25, -0.2) is 4.79 Å². The topological polar surface area (TPSA) is 26.3 Å². The van der Waals surface area contributed by atoms with E-state index in [1.54, 1.807) is 19.9 Å². The zero-order valence-corrected chi connectivity index (χ0v) is 10.5. The van der Waals surface area contributed by atoms with Crippen LogP contribution < -0.4 is 0 Å². The molecule has 0 aliphatic carbocycles. The van der Waals surface area contributed by atoms with Gasteiger partial charge in [-0.3, -0.25) is 0 Å². The first-order valence-corrected chi connectivity index (χ1v) is 8.86. The van der Waals surface area contributed by atoms with Crippen LogP contribution in [0.15, 0.2) is 11.6 Å². The third-order valence-electron chi connectivity index (χ3n) is 0.940. The number of rotatable bonds is 1. The Morgan fingerprint density at radius 3 is 2.00 bits per heavy atom. The predicted molar refractivity (Wildman–Crippen MR) is 59.5 cm³/mol. The van der Waals surface area contributed by atoms with Crippen LogP contribution >= 0.6 is 37.2 Å². The first-order chi connectivity index (χ1) is 4.72. The average molecular weight is 368 g/mol. The summed E-state index contributed by atoms with van der Waals surface area (Å²) in [7, 11) is 1.37. The minimum absolute atomic E-state index is 0.257. The average Bonchev–Trinajstić information content (AvgIpc) is 2.05. The van der Waals surface area contributed by atoms with Gasteiger partial charge in [0.2, 0.25) is 0 Å². The summed E-state index contributed by atoms with van der Waals surface area (Å²) in [5.74, 6) is -0.257. The van der Waals surface area contributed by atoms with Crippen LogP contribution in [-0.2, 0) is 9.53 Å². The Morgan fingerprint density at radius 1 is 1.50 bits per heavy atom. The molecule has 4 heteroatoms. The maximum absolute atomic E-state index is 10.5. The van der Waals surface area contributed by atoms with Gasteiger partial charge in [0.1, 0.15) is 0 Å². The lowest BCUT2D eigenvalue weighted by Crippen LogP contribution is -2.00. The summed E-state index contributed by atoms with van der Waals surface area (Å²) in [4.78, 5) is 10.5. The molecule has 0 saturated heterocycles. The first-order valence-electron chi connectivity index (χ1n) is 2.58. The lowest BCUT2D eigenvalue weighted by molar-refractivity contribution is -0.136. The number of methoxy groups -OCH3 is 1. The normalized spacial score (nSPS) is 9.50. The van der Waals surface area contributed by atoms with Crippen molar-refractivity contribution in [2.75, 3.05) is 7.11 Å². The molecule has 0 aliphatic rings. The molecular weight excluding hydrogens is 358 g/mol. The fourth-order valence-corrected chi connectivity index (χ4v) is 0.279. The molecule has 0 aromatic heterocycles. The smallest absolute Gasteiger partial charge is 0.333 e. The summed E-state index contributed by atoms with van der Waals surface area (Å²) < 4.78 is 4.40. The van der Waals surface area contributed by atoms with E-state index in [0.29, 0.717) is 5.57 Å². The molecule has 0 atom stereocenters. The fraction of sp³-hybridized carbons (Fsp3) is 0.500. The van der Waals surface area contributed by atoms with Crippen LogP contribution in [0, 0.1) is 0 Å². The van der Waals surface area contributed by atoms with Crippen LogP contribution in [0.3, 0.4) is 0 Å². The second-order valence-electron chi connectivity index (χ2n) is 1.46. The first kappa shape index (κ1) is 13.3. The van der Waals surface area contributed by atoms with Gasteiger partial charge in [-0.1, -0.05) is 6.08 Å². The van der Waals surface area contributed by atoms with E-state index in [1.807, 2.05) is 0 Å². The van der Waals surface area contributed by atoms with Crippen molar-refractivity contribution >= 4 is 43.2 Å². The van der Waals surface area contributed by atoms with E-state index in [9.17, 15) is 4.79 Å². The second kappa shape index (κ2) is 9.67. The molecule has 0 fully saturated rings. The Labute approximate surface area is 84.7 Å². The van der Waals surface area contributed by atoms with Gasteiger partial charge in [0.25, 0.3) is 0 Å². The lowest BCUT2D eigenvalue weighted by atomic mass is 10.3. The molecule has 0 aromatic carbocycles. The fourth-order valence-electron chi connectivity index (χ4n) is 0.279. The van der Waals surface area contributed by atoms with Crippen molar-refractivity contribution in [2.45, 2.75) is 13.8 Å². The van der Waals surface area contributed by atoms with Gasteiger partial charge in [0.15, 0.2) is 0 Å². The molecule has 0 rings (SSSR count). The van der Waals surface area contributed by atoms with Gasteiger partial charge in [0.05, 0.1) is 7.11 Å². The van der Waals surface area contributed by atoms with Crippen LogP contribution in [0.4, 0.5) is 0 Å². The van der Waals surface area contributed by atoms with Crippen LogP contribution in [0.5, 0.6) is 0 Å². The number of hydrogen-bond acceptors (Lipinski definition) is 2. The summed E-state index contributed by atoms with van der Waals surface area (Å²) in [6.45, 7) is 3.51. The maximum atomic E-state index is 10.5. The molecule has 10 heavy (non-hydrogen) atoms. The van der Waals surface area contributed by atoms with E-state index >= 15 is 0 Å². The number of halogens is 2. The van der Waals surface area contributed by atoms with E-state index in [-0.39, 0.29) is 5.97 Å². The zero-order chi connectivity index (χ0) is 8.57. The minimum atomic E-state index is -0.257. The van der Waals surface area contributed by atoms with E-state index in [0.717, 1.165) is 0 Å². The van der Waals surface area contributed by atoms with Gasteiger partial charge in [0, 0.05) is 42.8 Å². The molecule has 0 aliphatic heterocycles. The molecule has 0 aromatic rings. The Morgan fingerprint density at radius 2 is 1.90 bits per heavy atom. The van der Waals surface area contributed by atoms with Gasteiger partial charge in [-0.15, -0.1) is 0 Å². The third kappa shape index (κ3) is 6.79. The lowest BCUT2D eigenvalue weighted by Gasteiger charge is -1.93. The number of carbonyl (C=O) groups is 1. The van der Waals surface area contributed by atoms with Crippen LogP contribution in [0.1, 0.15) is 13.8 Å². The SMILES string of the molecule is C/C=C(/C)C(=O)OC.II.